The van der Waals surface area contributed by atoms with Gasteiger partial charge >= 0.3 is 0 Å². The third-order valence-electron chi connectivity index (χ3n) is 6.54. The van der Waals surface area contributed by atoms with Crippen LogP contribution in [0.25, 0.3) is 0 Å². The standard InChI is InChI=1S/C25H32N2O4/c1-29-22-9-5-4-8-21(22)27-13-11-26(12-14-27)10-6-7-18-15-19-16-23(30-2)24(31-3)17-20(19)25(18)28/h4-5,8-9,16-18H,6-7,10-15H2,1-3H3. The molecule has 0 bridgehead atoms. The molecule has 2 aromatic rings. The van der Waals surface area contributed by atoms with Crippen LogP contribution in [0.3, 0.4) is 0 Å². The minimum atomic E-state index is 0.0710. The van der Waals surface area contributed by atoms with Crippen LogP contribution >= 0.6 is 0 Å². The SMILES string of the molecule is COc1cc2c(cc1OC)C(=O)C(CCCN1CCN(c3ccccc3OC)CC1)C2. The second-order valence-corrected chi connectivity index (χ2v) is 8.27. The van der Waals surface area contributed by atoms with Gasteiger partial charge in [-0.2, -0.15) is 0 Å². The lowest BCUT2D eigenvalue weighted by Crippen LogP contribution is -2.46. The molecule has 0 aromatic heterocycles. The maximum Gasteiger partial charge on any atom is 0.166 e. The molecule has 1 unspecified atom stereocenters. The summed E-state index contributed by atoms with van der Waals surface area (Å²) in [5, 5.41) is 0. The number of ketones is 1. The molecule has 6 nitrogen and oxygen atoms in total. The first-order valence-electron chi connectivity index (χ1n) is 11.0. The highest BCUT2D eigenvalue weighted by Gasteiger charge is 2.32. The Hall–Kier alpha value is -2.73. The number of benzene rings is 2. The summed E-state index contributed by atoms with van der Waals surface area (Å²) in [4.78, 5) is 17.8. The third-order valence-corrected chi connectivity index (χ3v) is 6.54. The van der Waals surface area contributed by atoms with E-state index in [1.807, 2.05) is 24.3 Å². The van der Waals surface area contributed by atoms with Gasteiger partial charge in [-0.1, -0.05) is 12.1 Å². The van der Waals surface area contributed by atoms with Crippen molar-refractivity contribution >= 4 is 11.5 Å². The number of ether oxygens (including phenoxy) is 3. The van der Waals surface area contributed by atoms with Crippen LogP contribution in [0.5, 0.6) is 17.2 Å². The van der Waals surface area contributed by atoms with Crippen molar-refractivity contribution in [2.24, 2.45) is 5.92 Å². The fourth-order valence-electron chi connectivity index (χ4n) is 4.80. The van der Waals surface area contributed by atoms with Gasteiger partial charge < -0.3 is 19.1 Å². The number of anilines is 1. The molecule has 1 heterocycles. The van der Waals surface area contributed by atoms with Gasteiger partial charge in [0.1, 0.15) is 5.75 Å². The molecule has 0 amide bonds. The third kappa shape index (κ3) is 4.49. The lowest BCUT2D eigenvalue weighted by Gasteiger charge is -2.36. The zero-order valence-corrected chi connectivity index (χ0v) is 18.7. The van der Waals surface area contributed by atoms with Gasteiger partial charge in [0, 0.05) is 37.7 Å². The predicted molar refractivity (Wildman–Crippen MR) is 122 cm³/mol. The van der Waals surface area contributed by atoms with Crippen LogP contribution in [0.4, 0.5) is 5.69 Å². The fraction of sp³-hybridized carbons (Fsp3) is 0.480. The van der Waals surface area contributed by atoms with Crippen molar-refractivity contribution in [3.63, 3.8) is 0 Å². The number of fused-ring (bicyclic) bond motifs is 1. The van der Waals surface area contributed by atoms with Crippen LogP contribution in [0.2, 0.25) is 0 Å². The Morgan fingerprint density at radius 2 is 1.58 bits per heavy atom. The fourth-order valence-corrected chi connectivity index (χ4v) is 4.80. The molecule has 4 rings (SSSR count). The molecule has 0 saturated carbocycles. The number of rotatable bonds is 8. The highest BCUT2D eigenvalue weighted by molar-refractivity contribution is 6.02. The lowest BCUT2D eigenvalue weighted by molar-refractivity contribution is 0.0926. The molecular weight excluding hydrogens is 392 g/mol. The first kappa shape index (κ1) is 21.5. The molecule has 0 N–H and O–H groups in total. The van der Waals surface area contributed by atoms with Crippen molar-refractivity contribution in [3.05, 3.63) is 47.5 Å². The highest BCUT2D eigenvalue weighted by atomic mass is 16.5. The van der Waals surface area contributed by atoms with Crippen molar-refractivity contribution in [3.8, 4) is 17.2 Å². The average Bonchev–Trinajstić information content (AvgIpc) is 3.13. The Morgan fingerprint density at radius 1 is 0.903 bits per heavy atom. The summed E-state index contributed by atoms with van der Waals surface area (Å²) in [6.45, 7) is 5.09. The van der Waals surface area contributed by atoms with Crippen LogP contribution in [-0.4, -0.2) is 64.7 Å². The van der Waals surface area contributed by atoms with E-state index >= 15 is 0 Å². The molecule has 6 heteroatoms. The molecule has 2 aliphatic rings. The Bertz CT molecular complexity index is 922. The number of hydrogen-bond donors (Lipinski definition) is 0. The second kappa shape index (κ2) is 9.60. The van der Waals surface area contributed by atoms with E-state index in [1.165, 1.54) is 5.69 Å². The Kier molecular flexibility index (Phi) is 6.66. The number of Topliss-reactive ketones (excluding diaryl/α,β-unsaturated/α-hetero) is 1. The van der Waals surface area contributed by atoms with Crippen molar-refractivity contribution in [2.45, 2.75) is 19.3 Å². The molecule has 1 aliphatic heterocycles. The van der Waals surface area contributed by atoms with Gasteiger partial charge in [-0.25, -0.2) is 0 Å². The molecule has 1 aliphatic carbocycles. The number of nitrogens with zero attached hydrogens (tertiary/aromatic N) is 2. The number of hydrogen-bond acceptors (Lipinski definition) is 6. The Balaban J connectivity index is 1.26. The highest BCUT2D eigenvalue weighted by Crippen LogP contribution is 2.38. The van der Waals surface area contributed by atoms with E-state index in [4.69, 9.17) is 14.2 Å². The summed E-state index contributed by atoms with van der Waals surface area (Å²) in [5.41, 5.74) is 3.05. The van der Waals surface area contributed by atoms with Gasteiger partial charge in [0.2, 0.25) is 0 Å². The molecule has 0 radical (unpaired) electrons. The minimum absolute atomic E-state index is 0.0710. The minimum Gasteiger partial charge on any atom is -0.495 e. The van der Waals surface area contributed by atoms with E-state index < -0.39 is 0 Å². The monoisotopic (exact) mass is 424 g/mol. The maximum atomic E-state index is 12.9. The molecule has 2 aromatic carbocycles. The van der Waals surface area contributed by atoms with Gasteiger partial charge in [0.15, 0.2) is 17.3 Å². The molecular formula is C25H32N2O4. The zero-order chi connectivity index (χ0) is 21.8. The summed E-state index contributed by atoms with van der Waals surface area (Å²) in [6, 6.07) is 12.0. The number of para-hydroxylation sites is 2. The lowest BCUT2D eigenvalue weighted by atomic mass is 9.99. The van der Waals surface area contributed by atoms with E-state index in [0.717, 1.165) is 68.9 Å². The number of carbonyl (C=O) groups is 1. The van der Waals surface area contributed by atoms with Gasteiger partial charge in [-0.15, -0.1) is 0 Å². The summed E-state index contributed by atoms with van der Waals surface area (Å²) >= 11 is 0. The average molecular weight is 425 g/mol. The molecule has 1 fully saturated rings. The first-order chi connectivity index (χ1) is 15.1. The van der Waals surface area contributed by atoms with Crippen LogP contribution in [0, 0.1) is 5.92 Å². The molecule has 0 spiro atoms. The van der Waals surface area contributed by atoms with E-state index in [-0.39, 0.29) is 11.7 Å². The molecule has 1 saturated heterocycles. The quantitative estimate of drug-likeness (QED) is 0.645. The number of carbonyl (C=O) groups excluding carboxylic acids is 1. The van der Waals surface area contributed by atoms with Crippen molar-refractivity contribution in [2.75, 3.05) is 59.0 Å². The van der Waals surface area contributed by atoms with Crippen LogP contribution in [0.1, 0.15) is 28.8 Å². The topological polar surface area (TPSA) is 51.2 Å². The van der Waals surface area contributed by atoms with E-state index in [1.54, 1.807) is 21.3 Å². The first-order valence-corrected chi connectivity index (χ1v) is 11.0. The smallest absolute Gasteiger partial charge is 0.166 e. The van der Waals surface area contributed by atoms with Gasteiger partial charge in [0.05, 0.1) is 27.0 Å². The largest absolute Gasteiger partial charge is 0.495 e. The van der Waals surface area contributed by atoms with E-state index in [0.29, 0.717) is 11.5 Å². The van der Waals surface area contributed by atoms with Gasteiger partial charge in [-0.05, 0) is 55.6 Å². The van der Waals surface area contributed by atoms with Gasteiger partial charge in [0.25, 0.3) is 0 Å². The van der Waals surface area contributed by atoms with Crippen LogP contribution in [0.15, 0.2) is 36.4 Å². The summed E-state index contributed by atoms with van der Waals surface area (Å²) in [7, 11) is 4.96. The van der Waals surface area contributed by atoms with Gasteiger partial charge in [-0.3, -0.25) is 9.69 Å². The molecule has 31 heavy (non-hydrogen) atoms. The summed E-state index contributed by atoms with van der Waals surface area (Å²) < 4.78 is 16.3. The maximum absolute atomic E-state index is 12.9. The number of piperazine rings is 1. The summed E-state index contributed by atoms with van der Waals surface area (Å²) in [6.07, 6.45) is 2.76. The number of methoxy groups -OCH3 is 3. The van der Waals surface area contributed by atoms with Crippen LogP contribution < -0.4 is 19.1 Å². The normalized spacial score (nSPS) is 18.7. The van der Waals surface area contributed by atoms with Crippen molar-refractivity contribution in [1.82, 2.24) is 4.90 Å². The predicted octanol–water partition coefficient (Wildman–Crippen LogP) is 3.67. The second-order valence-electron chi connectivity index (χ2n) is 8.27. The Labute approximate surface area is 184 Å². The van der Waals surface area contributed by atoms with E-state index in [2.05, 4.69) is 21.9 Å². The molecule has 166 valence electrons. The van der Waals surface area contributed by atoms with Crippen molar-refractivity contribution in [1.29, 1.82) is 0 Å². The van der Waals surface area contributed by atoms with Crippen LogP contribution in [-0.2, 0) is 6.42 Å². The summed E-state index contributed by atoms with van der Waals surface area (Å²) in [5.74, 6) is 2.58. The van der Waals surface area contributed by atoms with Crippen molar-refractivity contribution < 1.29 is 19.0 Å². The zero-order valence-electron chi connectivity index (χ0n) is 18.7. The molecule has 1 atom stereocenters. The van der Waals surface area contributed by atoms with E-state index in [9.17, 15) is 4.79 Å². The Morgan fingerprint density at radius 3 is 2.29 bits per heavy atom.